The Labute approximate surface area is 102 Å². The zero-order valence-electron chi connectivity index (χ0n) is 9.28. The molecule has 0 bridgehead atoms. The second-order valence-electron chi connectivity index (χ2n) is 3.71. The van der Waals surface area contributed by atoms with E-state index in [1.54, 1.807) is 24.3 Å². The minimum atomic E-state index is -1.06. The van der Waals surface area contributed by atoms with Gasteiger partial charge < -0.3 is 11.1 Å². The van der Waals surface area contributed by atoms with Crippen LogP contribution in [0, 0.1) is 11.6 Å². The van der Waals surface area contributed by atoms with E-state index in [9.17, 15) is 13.6 Å². The Morgan fingerprint density at radius 3 is 2.28 bits per heavy atom. The van der Waals surface area contributed by atoms with Crippen molar-refractivity contribution < 1.29 is 13.6 Å². The molecule has 0 saturated heterocycles. The van der Waals surface area contributed by atoms with Gasteiger partial charge >= 0.3 is 0 Å². The van der Waals surface area contributed by atoms with Crippen LogP contribution in [-0.4, -0.2) is 5.91 Å². The maximum Gasteiger partial charge on any atom is 0.255 e. The topological polar surface area (TPSA) is 55.1 Å². The lowest BCUT2D eigenvalue weighted by molar-refractivity contribution is 0.102. The first-order valence-corrected chi connectivity index (χ1v) is 5.18. The van der Waals surface area contributed by atoms with E-state index in [0.29, 0.717) is 11.4 Å². The van der Waals surface area contributed by atoms with E-state index >= 15 is 0 Å². The van der Waals surface area contributed by atoms with Crippen molar-refractivity contribution in [2.75, 3.05) is 11.1 Å². The second kappa shape index (κ2) is 4.83. The summed E-state index contributed by atoms with van der Waals surface area (Å²) in [6.45, 7) is 0. The fourth-order valence-corrected chi connectivity index (χ4v) is 1.41. The van der Waals surface area contributed by atoms with E-state index in [2.05, 4.69) is 5.32 Å². The maximum absolute atomic E-state index is 13.0. The zero-order valence-corrected chi connectivity index (χ0v) is 9.28. The summed E-state index contributed by atoms with van der Waals surface area (Å²) in [6, 6.07) is 9.46. The van der Waals surface area contributed by atoms with Crippen molar-refractivity contribution in [2.45, 2.75) is 0 Å². The minimum absolute atomic E-state index is 0.0470. The van der Waals surface area contributed by atoms with E-state index in [1.165, 1.54) is 6.07 Å². The monoisotopic (exact) mass is 248 g/mol. The molecule has 3 nitrogen and oxygen atoms in total. The minimum Gasteiger partial charge on any atom is -0.399 e. The zero-order chi connectivity index (χ0) is 13.1. The van der Waals surface area contributed by atoms with Crippen LogP contribution in [0.2, 0.25) is 0 Å². The van der Waals surface area contributed by atoms with Gasteiger partial charge in [0.1, 0.15) is 0 Å². The van der Waals surface area contributed by atoms with Gasteiger partial charge in [-0.1, -0.05) is 0 Å². The van der Waals surface area contributed by atoms with Crippen molar-refractivity contribution >= 4 is 17.3 Å². The molecular formula is C13H10F2N2O. The number of hydrogen-bond donors (Lipinski definition) is 2. The number of nitrogen functional groups attached to an aromatic ring is 1. The molecule has 0 heterocycles. The molecule has 1 amide bonds. The highest BCUT2D eigenvalue weighted by Gasteiger charge is 2.09. The van der Waals surface area contributed by atoms with E-state index in [4.69, 9.17) is 5.73 Å². The van der Waals surface area contributed by atoms with Crippen LogP contribution < -0.4 is 11.1 Å². The van der Waals surface area contributed by atoms with Gasteiger partial charge in [-0.25, -0.2) is 8.78 Å². The molecule has 0 aromatic heterocycles. The second-order valence-corrected chi connectivity index (χ2v) is 3.71. The fraction of sp³-hybridized carbons (Fsp3) is 0. The molecule has 18 heavy (non-hydrogen) atoms. The molecule has 2 aromatic rings. The Kier molecular flexibility index (Phi) is 3.23. The summed E-state index contributed by atoms with van der Waals surface area (Å²) in [5.74, 6) is -2.56. The van der Waals surface area contributed by atoms with Crippen LogP contribution in [0.25, 0.3) is 0 Å². The summed E-state index contributed by atoms with van der Waals surface area (Å²) >= 11 is 0. The molecule has 2 aromatic carbocycles. The third-order valence-electron chi connectivity index (χ3n) is 2.35. The van der Waals surface area contributed by atoms with Gasteiger partial charge in [-0.05, 0) is 42.5 Å². The number of nitrogens with one attached hydrogen (secondary N) is 1. The van der Waals surface area contributed by atoms with Crippen molar-refractivity contribution in [3.8, 4) is 0 Å². The third-order valence-corrected chi connectivity index (χ3v) is 2.35. The fourth-order valence-electron chi connectivity index (χ4n) is 1.41. The molecule has 0 aliphatic heterocycles. The van der Waals surface area contributed by atoms with Gasteiger partial charge in [-0.2, -0.15) is 0 Å². The van der Waals surface area contributed by atoms with Crippen LogP contribution in [0.5, 0.6) is 0 Å². The largest absolute Gasteiger partial charge is 0.399 e. The molecule has 0 unspecified atom stereocenters. The number of hydrogen-bond acceptors (Lipinski definition) is 2. The number of rotatable bonds is 2. The smallest absolute Gasteiger partial charge is 0.255 e. The lowest BCUT2D eigenvalue weighted by Crippen LogP contribution is -2.12. The Hall–Kier alpha value is -2.43. The summed E-state index contributed by atoms with van der Waals surface area (Å²) in [4.78, 5) is 11.7. The first-order chi connectivity index (χ1) is 8.56. The van der Waals surface area contributed by atoms with Crippen LogP contribution in [0.15, 0.2) is 42.5 Å². The Bertz CT molecular complexity index is 582. The first-order valence-electron chi connectivity index (χ1n) is 5.18. The maximum atomic E-state index is 13.0. The first kappa shape index (κ1) is 12.0. The summed E-state index contributed by atoms with van der Waals surface area (Å²) in [6.07, 6.45) is 0. The average Bonchev–Trinajstić information content (AvgIpc) is 2.35. The lowest BCUT2D eigenvalue weighted by Gasteiger charge is -2.05. The highest BCUT2D eigenvalue weighted by molar-refractivity contribution is 6.04. The summed E-state index contributed by atoms with van der Waals surface area (Å²) in [7, 11) is 0. The van der Waals surface area contributed by atoms with E-state index in [0.717, 1.165) is 12.1 Å². The Morgan fingerprint density at radius 2 is 1.67 bits per heavy atom. The lowest BCUT2D eigenvalue weighted by atomic mass is 10.2. The molecule has 0 radical (unpaired) electrons. The Balaban J connectivity index is 2.16. The van der Waals surface area contributed by atoms with Crippen LogP contribution in [0.1, 0.15) is 10.4 Å². The molecule has 0 saturated carbocycles. The quantitative estimate of drug-likeness (QED) is 0.803. The average molecular weight is 248 g/mol. The highest BCUT2D eigenvalue weighted by Crippen LogP contribution is 2.14. The molecular weight excluding hydrogens is 238 g/mol. The molecule has 0 atom stereocenters. The molecule has 3 N–H and O–H groups in total. The summed E-state index contributed by atoms with van der Waals surface area (Å²) in [5.41, 5.74) is 6.65. The van der Waals surface area contributed by atoms with Gasteiger partial charge in [-0.15, -0.1) is 0 Å². The van der Waals surface area contributed by atoms with Crippen LogP contribution in [-0.2, 0) is 0 Å². The van der Waals surface area contributed by atoms with Gasteiger partial charge in [-0.3, -0.25) is 4.79 Å². The summed E-state index contributed by atoms with van der Waals surface area (Å²) < 4.78 is 25.7. The van der Waals surface area contributed by atoms with Crippen LogP contribution >= 0.6 is 0 Å². The van der Waals surface area contributed by atoms with Crippen molar-refractivity contribution in [1.82, 2.24) is 0 Å². The number of halogens is 2. The van der Waals surface area contributed by atoms with E-state index in [1.807, 2.05) is 0 Å². The predicted octanol–water partition coefficient (Wildman–Crippen LogP) is 2.80. The van der Waals surface area contributed by atoms with Gasteiger partial charge in [0, 0.05) is 16.9 Å². The van der Waals surface area contributed by atoms with E-state index < -0.39 is 17.5 Å². The Morgan fingerprint density at radius 1 is 1.00 bits per heavy atom. The molecule has 2 rings (SSSR count). The number of anilines is 2. The van der Waals surface area contributed by atoms with Gasteiger partial charge in [0.2, 0.25) is 0 Å². The van der Waals surface area contributed by atoms with E-state index in [-0.39, 0.29) is 5.56 Å². The standard InChI is InChI=1S/C13H10F2N2O/c14-11-6-1-8(7-12(11)15)13(18)17-10-4-2-9(16)3-5-10/h1-7H,16H2,(H,17,18). The van der Waals surface area contributed by atoms with Gasteiger partial charge in [0.05, 0.1) is 0 Å². The number of carbonyl (C=O) groups is 1. The van der Waals surface area contributed by atoms with Crippen molar-refractivity contribution in [1.29, 1.82) is 0 Å². The molecule has 5 heteroatoms. The van der Waals surface area contributed by atoms with Crippen molar-refractivity contribution in [3.05, 3.63) is 59.7 Å². The number of benzene rings is 2. The van der Waals surface area contributed by atoms with Crippen molar-refractivity contribution in [2.24, 2.45) is 0 Å². The SMILES string of the molecule is Nc1ccc(NC(=O)c2ccc(F)c(F)c2)cc1. The van der Waals surface area contributed by atoms with Gasteiger partial charge in [0.15, 0.2) is 11.6 Å². The van der Waals surface area contributed by atoms with Crippen LogP contribution in [0.3, 0.4) is 0 Å². The van der Waals surface area contributed by atoms with Crippen molar-refractivity contribution in [3.63, 3.8) is 0 Å². The molecule has 92 valence electrons. The number of nitrogens with two attached hydrogens (primary N) is 1. The molecule has 0 spiro atoms. The number of amides is 1. The summed E-state index contributed by atoms with van der Waals surface area (Å²) in [5, 5.41) is 2.55. The highest BCUT2D eigenvalue weighted by atomic mass is 19.2. The molecule has 0 fully saturated rings. The van der Waals surface area contributed by atoms with Crippen LogP contribution in [0.4, 0.5) is 20.2 Å². The van der Waals surface area contributed by atoms with Gasteiger partial charge in [0.25, 0.3) is 5.91 Å². The molecule has 0 aliphatic carbocycles. The molecule has 0 aliphatic rings. The third kappa shape index (κ3) is 2.63. The number of carbonyl (C=O) groups excluding carboxylic acids is 1. The normalized spacial score (nSPS) is 10.1. The predicted molar refractivity (Wildman–Crippen MR) is 65.2 cm³/mol.